The van der Waals surface area contributed by atoms with Crippen molar-refractivity contribution >= 4 is 38.5 Å². The number of aromatic amines is 1. The van der Waals surface area contributed by atoms with Crippen LogP contribution < -0.4 is 4.90 Å². The SMILES string of the molecule is Cc1ccc(N2CCN(C(C(=O)O)c3c[nH]c4cc(Br)ccc34)CC2)c(C)c1. The average Bonchev–Trinajstić information content (AvgIpc) is 3.05. The van der Waals surface area contributed by atoms with E-state index in [-0.39, 0.29) is 0 Å². The van der Waals surface area contributed by atoms with Crippen molar-refractivity contribution in [2.45, 2.75) is 19.9 Å². The first-order valence-corrected chi connectivity index (χ1v) is 10.3. The summed E-state index contributed by atoms with van der Waals surface area (Å²) in [6, 6.07) is 11.8. The molecular weight excluding hydrogens is 418 g/mol. The molecule has 1 saturated heterocycles. The van der Waals surface area contributed by atoms with Crippen molar-refractivity contribution in [3.63, 3.8) is 0 Å². The van der Waals surface area contributed by atoms with Gasteiger partial charge in [0.15, 0.2) is 0 Å². The summed E-state index contributed by atoms with van der Waals surface area (Å²) in [7, 11) is 0. The Balaban J connectivity index is 1.56. The number of carboxylic acid groups (broad SMARTS) is 1. The van der Waals surface area contributed by atoms with Crippen molar-refractivity contribution in [2.75, 3.05) is 31.1 Å². The molecule has 0 spiro atoms. The molecule has 1 fully saturated rings. The van der Waals surface area contributed by atoms with Gasteiger partial charge >= 0.3 is 5.97 Å². The summed E-state index contributed by atoms with van der Waals surface area (Å²) in [6.07, 6.45) is 1.84. The number of benzene rings is 2. The van der Waals surface area contributed by atoms with Crippen LogP contribution in [-0.2, 0) is 4.79 Å². The Kier molecular flexibility index (Phi) is 5.17. The molecule has 28 heavy (non-hydrogen) atoms. The summed E-state index contributed by atoms with van der Waals surface area (Å²) in [4.78, 5) is 19.8. The lowest BCUT2D eigenvalue weighted by Crippen LogP contribution is -2.49. The lowest BCUT2D eigenvalue weighted by Gasteiger charge is -2.39. The van der Waals surface area contributed by atoms with Crippen molar-refractivity contribution < 1.29 is 9.90 Å². The number of halogens is 1. The largest absolute Gasteiger partial charge is 0.480 e. The minimum atomic E-state index is -0.802. The number of aromatic nitrogens is 1. The molecule has 1 unspecified atom stereocenters. The maximum Gasteiger partial charge on any atom is 0.325 e. The number of H-pyrrole nitrogens is 1. The molecule has 1 aliphatic rings. The zero-order valence-corrected chi connectivity index (χ0v) is 17.7. The summed E-state index contributed by atoms with van der Waals surface area (Å²) in [6.45, 7) is 7.31. The number of hydrogen-bond acceptors (Lipinski definition) is 3. The van der Waals surface area contributed by atoms with Crippen LogP contribution in [0.2, 0.25) is 0 Å². The third-order valence-corrected chi connectivity index (χ3v) is 6.07. The highest BCUT2D eigenvalue weighted by Crippen LogP contribution is 2.32. The van der Waals surface area contributed by atoms with Crippen LogP contribution in [0, 0.1) is 13.8 Å². The topological polar surface area (TPSA) is 59.6 Å². The second kappa shape index (κ2) is 7.60. The Bertz CT molecular complexity index is 1020. The van der Waals surface area contributed by atoms with Crippen molar-refractivity contribution in [3.8, 4) is 0 Å². The highest BCUT2D eigenvalue weighted by atomic mass is 79.9. The third kappa shape index (κ3) is 3.54. The van der Waals surface area contributed by atoms with Crippen LogP contribution in [0.3, 0.4) is 0 Å². The summed E-state index contributed by atoms with van der Waals surface area (Å²) < 4.78 is 0.974. The number of anilines is 1. The van der Waals surface area contributed by atoms with Gasteiger partial charge in [-0.2, -0.15) is 0 Å². The highest BCUT2D eigenvalue weighted by molar-refractivity contribution is 9.10. The van der Waals surface area contributed by atoms with Crippen LogP contribution in [0.15, 0.2) is 47.1 Å². The Labute approximate surface area is 173 Å². The van der Waals surface area contributed by atoms with Gasteiger partial charge in [0.25, 0.3) is 0 Å². The van der Waals surface area contributed by atoms with Gasteiger partial charge in [0, 0.05) is 59.0 Å². The predicted molar refractivity (Wildman–Crippen MR) is 116 cm³/mol. The van der Waals surface area contributed by atoms with E-state index in [1.165, 1.54) is 16.8 Å². The van der Waals surface area contributed by atoms with Gasteiger partial charge in [-0.3, -0.25) is 9.69 Å². The summed E-state index contributed by atoms with van der Waals surface area (Å²) in [5, 5.41) is 11.0. The molecule has 2 heterocycles. The number of piperazine rings is 1. The highest BCUT2D eigenvalue weighted by Gasteiger charge is 2.32. The van der Waals surface area contributed by atoms with Crippen molar-refractivity contribution in [3.05, 3.63) is 63.8 Å². The van der Waals surface area contributed by atoms with Gasteiger partial charge in [-0.1, -0.05) is 39.7 Å². The van der Waals surface area contributed by atoms with E-state index in [4.69, 9.17) is 0 Å². The van der Waals surface area contributed by atoms with E-state index in [1.54, 1.807) is 0 Å². The lowest BCUT2D eigenvalue weighted by molar-refractivity contribution is -0.143. The Morgan fingerprint density at radius 3 is 2.54 bits per heavy atom. The molecule has 0 aliphatic carbocycles. The quantitative estimate of drug-likeness (QED) is 0.625. The number of rotatable bonds is 4. The van der Waals surface area contributed by atoms with Gasteiger partial charge in [-0.05, 0) is 37.6 Å². The molecule has 1 aromatic heterocycles. The number of carbonyl (C=O) groups is 1. The van der Waals surface area contributed by atoms with E-state index in [0.29, 0.717) is 13.1 Å². The Hall–Kier alpha value is -2.31. The van der Waals surface area contributed by atoms with Gasteiger partial charge in [0.05, 0.1) is 0 Å². The third-order valence-electron chi connectivity index (χ3n) is 5.58. The minimum Gasteiger partial charge on any atom is -0.480 e. The maximum absolute atomic E-state index is 12.2. The number of aryl methyl sites for hydroxylation is 2. The summed E-state index contributed by atoms with van der Waals surface area (Å²) in [5.41, 5.74) is 5.55. The van der Waals surface area contributed by atoms with Gasteiger partial charge < -0.3 is 15.0 Å². The number of carboxylic acids is 1. The standard InChI is InChI=1S/C22H24BrN3O2/c1-14-3-6-20(15(2)11-14)25-7-9-26(10-8-25)21(22(27)28)18-13-24-19-12-16(23)4-5-17(18)19/h3-6,11-13,21,24H,7-10H2,1-2H3,(H,27,28). The summed E-state index contributed by atoms with van der Waals surface area (Å²) in [5.74, 6) is -0.802. The molecule has 2 aromatic carbocycles. The molecule has 2 N–H and O–H groups in total. The first kappa shape index (κ1) is 19.0. The molecule has 0 radical (unpaired) electrons. The number of hydrogen-bond donors (Lipinski definition) is 2. The molecular formula is C22H24BrN3O2. The smallest absolute Gasteiger partial charge is 0.325 e. The van der Waals surface area contributed by atoms with E-state index >= 15 is 0 Å². The van der Waals surface area contributed by atoms with E-state index in [2.05, 4.69) is 62.8 Å². The molecule has 0 bridgehead atoms. The molecule has 0 amide bonds. The molecule has 1 aliphatic heterocycles. The van der Waals surface area contributed by atoms with E-state index in [1.807, 2.05) is 24.4 Å². The molecule has 3 aromatic rings. The van der Waals surface area contributed by atoms with Crippen LogP contribution in [0.1, 0.15) is 22.7 Å². The van der Waals surface area contributed by atoms with E-state index < -0.39 is 12.0 Å². The van der Waals surface area contributed by atoms with E-state index in [9.17, 15) is 9.90 Å². The normalized spacial score (nSPS) is 16.5. The number of nitrogens with one attached hydrogen (secondary N) is 1. The van der Waals surface area contributed by atoms with Crippen LogP contribution in [0.5, 0.6) is 0 Å². The van der Waals surface area contributed by atoms with Gasteiger partial charge in [0.1, 0.15) is 6.04 Å². The van der Waals surface area contributed by atoms with Crippen LogP contribution in [0.4, 0.5) is 5.69 Å². The number of aliphatic carboxylic acids is 1. The molecule has 1 atom stereocenters. The molecule has 6 heteroatoms. The monoisotopic (exact) mass is 441 g/mol. The minimum absolute atomic E-state index is 0.642. The molecule has 5 nitrogen and oxygen atoms in total. The van der Waals surface area contributed by atoms with Crippen LogP contribution in [-0.4, -0.2) is 47.1 Å². The van der Waals surface area contributed by atoms with E-state index in [0.717, 1.165) is 34.0 Å². The number of fused-ring (bicyclic) bond motifs is 1. The van der Waals surface area contributed by atoms with Gasteiger partial charge in [0.2, 0.25) is 0 Å². The second-order valence-corrected chi connectivity index (χ2v) is 8.40. The molecule has 4 rings (SSSR count). The Morgan fingerprint density at radius 2 is 1.86 bits per heavy atom. The predicted octanol–water partition coefficient (Wildman–Crippen LogP) is 4.50. The fourth-order valence-electron chi connectivity index (χ4n) is 4.21. The van der Waals surface area contributed by atoms with Gasteiger partial charge in [-0.25, -0.2) is 0 Å². The number of nitrogens with zero attached hydrogens (tertiary/aromatic N) is 2. The first-order chi connectivity index (χ1) is 13.4. The first-order valence-electron chi connectivity index (χ1n) is 9.49. The van der Waals surface area contributed by atoms with Crippen molar-refractivity contribution in [2.24, 2.45) is 0 Å². The summed E-state index contributed by atoms with van der Waals surface area (Å²) >= 11 is 3.47. The Morgan fingerprint density at radius 1 is 1.11 bits per heavy atom. The van der Waals surface area contributed by atoms with Gasteiger partial charge in [-0.15, -0.1) is 0 Å². The lowest BCUT2D eigenvalue weighted by atomic mass is 10.0. The second-order valence-electron chi connectivity index (χ2n) is 7.49. The molecule has 146 valence electrons. The van der Waals surface area contributed by atoms with Crippen molar-refractivity contribution in [1.82, 2.24) is 9.88 Å². The van der Waals surface area contributed by atoms with Crippen molar-refractivity contribution in [1.29, 1.82) is 0 Å². The van der Waals surface area contributed by atoms with Crippen LogP contribution >= 0.6 is 15.9 Å². The van der Waals surface area contributed by atoms with Crippen LogP contribution in [0.25, 0.3) is 10.9 Å². The fraction of sp³-hybridized carbons (Fsp3) is 0.318. The molecule has 0 saturated carbocycles. The fourth-order valence-corrected chi connectivity index (χ4v) is 4.58. The zero-order chi connectivity index (χ0) is 19.8. The average molecular weight is 442 g/mol. The zero-order valence-electron chi connectivity index (χ0n) is 16.1. The maximum atomic E-state index is 12.2.